The summed E-state index contributed by atoms with van der Waals surface area (Å²) in [4.78, 5) is 16.5. The zero-order chi connectivity index (χ0) is 16.5. The van der Waals surface area contributed by atoms with E-state index in [1.165, 1.54) is 0 Å². The average molecular weight is 331 g/mol. The van der Waals surface area contributed by atoms with Gasteiger partial charge in [-0.2, -0.15) is 0 Å². The second-order valence-corrected chi connectivity index (χ2v) is 6.05. The van der Waals surface area contributed by atoms with Crippen LogP contribution >= 0.6 is 11.6 Å². The number of halogens is 1. The Hall–Kier alpha value is -1.87. The number of benzene rings is 1. The third-order valence-corrected chi connectivity index (χ3v) is 4.22. The van der Waals surface area contributed by atoms with Crippen LogP contribution in [0.4, 0.5) is 0 Å². The molecule has 0 spiro atoms. The van der Waals surface area contributed by atoms with Gasteiger partial charge in [-0.1, -0.05) is 55.6 Å². The number of carbonyl (C=O) groups excluding carboxylic acids is 1. The highest BCUT2D eigenvalue weighted by molar-refractivity contribution is 6.31. The number of carbonyl (C=O) groups is 1. The van der Waals surface area contributed by atoms with Crippen molar-refractivity contribution < 1.29 is 4.79 Å². The number of aryl methyl sites for hydroxylation is 1. The minimum absolute atomic E-state index is 0.0300. The topological polar surface area (TPSA) is 42.0 Å². The number of aromatic nitrogens is 1. The molecule has 0 fully saturated rings. The SMILES string of the molecule is CCCCC(NC(=O)CCc1ccccc1Cl)c1cccnc1. The highest BCUT2D eigenvalue weighted by Gasteiger charge is 2.14. The molecule has 2 aromatic rings. The van der Waals surface area contributed by atoms with Crippen LogP contribution in [-0.4, -0.2) is 10.9 Å². The molecule has 23 heavy (non-hydrogen) atoms. The van der Waals surface area contributed by atoms with E-state index in [9.17, 15) is 4.79 Å². The van der Waals surface area contributed by atoms with E-state index in [1.807, 2.05) is 42.6 Å². The van der Waals surface area contributed by atoms with Gasteiger partial charge in [0.15, 0.2) is 0 Å². The Bertz CT molecular complexity index is 616. The van der Waals surface area contributed by atoms with Crippen molar-refractivity contribution in [2.75, 3.05) is 0 Å². The molecule has 1 heterocycles. The number of pyridine rings is 1. The molecule has 0 aliphatic heterocycles. The molecule has 0 saturated carbocycles. The molecule has 1 atom stereocenters. The van der Waals surface area contributed by atoms with Gasteiger partial charge in [-0.05, 0) is 36.1 Å². The molecule has 4 heteroatoms. The van der Waals surface area contributed by atoms with Crippen molar-refractivity contribution in [2.24, 2.45) is 0 Å². The monoisotopic (exact) mass is 330 g/mol. The van der Waals surface area contributed by atoms with Crippen LogP contribution in [0.2, 0.25) is 5.02 Å². The highest BCUT2D eigenvalue weighted by Crippen LogP contribution is 2.20. The molecule has 0 aliphatic rings. The summed E-state index contributed by atoms with van der Waals surface area (Å²) in [6.07, 6.45) is 7.77. The minimum Gasteiger partial charge on any atom is -0.349 e. The van der Waals surface area contributed by atoms with E-state index >= 15 is 0 Å². The number of hydrogen-bond donors (Lipinski definition) is 1. The van der Waals surface area contributed by atoms with Gasteiger partial charge in [-0.15, -0.1) is 0 Å². The summed E-state index contributed by atoms with van der Waals surface area (Å²) in [5, 5.41) is 3.85. The van der Waals surface area contributed by atoms with Gasteiger partial charge in [-0.25, -0.2) is 0 Å². The zero-order valence-electron chi connectivity index (χ0n) is 13.5. The van der Waals surface area contributed by atoms with Crippen molar-refractivity contribution >= 4 is 17.5 Å². The van der Waals surface area contributed by atoms with E-state index in [0.717, 1.165) is 35.4 Å². The van der Waals surface area contributed by atoms with Gasteiger partial charge in [0.25, 0.3) is 0 Å². The quantitative estimate of drug-likeness (QED) is 0.761. The van der Waals surface area contributed by atoms with E-state index in [0.29, 0.717) is 12.8 Å². The number of rotatable bonds is 8. The Morgan fingerprint density at radius 3 is 2.78 bits per heavy atom. The smallest absolute Gasteiger partial charge is 0.220 e. The Labute approximate surface area is 143 Å². The zero-order valence-corrected chi connectivity index (χ0v) is 14.2. The summed E-state index contributed by atoms with van der Waals surface area (Å²) in [6.45, 7) is 2.15. The van der Waals surface area contributed by atoms with Crippen LogP contribution in [0.5, 0.6) is 0 Å². The first-order valence-electron chi connectivity index (χ1n) is 8.13. The van der Waals surface area contributed by atoms with Crippen LogP contribution in [0.25, 0.3) is 0 Å². The largest absolute Gasteiger partial charge is 0.349 e. The molecular weight excluding hydrogens is 308 g/mol. The summed E-state index contributed by atoms with van der Waals surface area (Å²) in [7, 11) is 0. The molecule has 0 bridgehead atoms. The molecule has 0 radical (unpaired) electrons. The fourth-order valence-electron chi connectivity index (χ4n) is 2.53. The lowest BCUT2D eigenvalue weighted by Crippen LogP contribution is -2.28. The molecule has 1 aromatic heterocycles. The number of hydrogen-bond acceptors (Lipinski definition) is 2. The third kappa shape index (κ3) is 5.68. The number of nitrogens with zero attached hydrogens (tertiary/aromatic N) is 1. The normalized spacial score (nSPS) is 11.9. The summed E-state index contributed by atoms with van der Waals surface area (Å²) in [5.74, 6) is 0.0508. The molecule has 1 N–H and O–H groups in total. The Morgan fingerprint density at radius 1 is 1.26 bits per heavy atom. The first kappa shape index (κ1) is 17.5. The molecule has 1 unspecified atom stereocenters. The summed E-state index contributed by atoms with van der Waals surface area (Å²) < 4.78 is 0. The molecule has 1 amide bonds. The van der Waals surface area contributed by atoms with E-state index in [-0.39, 0.29) is 11.9 Å². The first-order chi connectivity index (χ1) is 11.2. The Balaban J connectivity index is 1.93. The van der Waals surface area contributed by atoms with Gasteiger partial charge >= 0.3 is 0 Å². The van der Waals surface area contributed by atoms with Crippen LogP contribution in [0.1, 0.15) is 49.8 Å². The van der Waals surface area contributed by atoms with Crippen molar-refractivity contribution in [1.29, 1.82) is 0 Å². The van der Waals surface area contributed by atoms with Crippen LogP contribution in [0.3, 0.4) is 0 Å². The minimum atomic E-state index is 0.0300. The van der Waals surface area contributed by atoms with E-state index < -0.39 is 0 Å². The molecule has 3 nitrogen and oxygen atoms in total. The second kappa shape index (κ2) is 9.31. The second-order valence-electron chi connectivity index (χ2n) is 5.64. The van der Waals surface area contributed by atoms with Gasteiger partial charge in [0.2, 0.25) is 5.91 Å². The van der Waals surface area contributed by atoms with Crippen LogP contribution in [0.15, 0.2) is 48.8 Å². The third-order valence-electron chi connectivity index (χ3n) is 3.85. The highest BCUT2D eigenvalue weighted by atomic mass is 35.5. The predicted octanol–water partition coefficient (Wildman–Crippen LogP) is 4.72. The number of unbranched alkanes of at least 4 members (excludes halogenated alkanes) is 1. The van der Waals surface area contributed by atoms with E-state index in [2.05, 4.69) is 17.2 Å². The van der Waals surface area contributed by atoms with Crippen molar-refractivity contribution in [3.63, 3.8) is 0 Å². The van der Waals surface area contributed by atoms with E-state index in [1.54, 1.807) is 6.20 Å². The average Bonchev–Trinajstić information content (AvgIpc) is 2.58. The number of amides is 1. The lowest BCUT2D eigenvalue weighted by Gasteiger charge is -2.19. The van der Waals surface area contributed by atoms with Gasteiger partial charge < -0.3 is 5.32 Å². The van der Waals surface area contributed by atoms with E-state index in [4.69, 9.17) is 11.6 Å². The fraction of sp³-hybridized carbons (Fsp3) is 0.368. The maximum absolute atomic E-state index is 12.3. The van der Waals surface area contributed by atoms with Crippen LogP contribution in [0, 0.1) is 0 Å². The van der Waals surface area contributed by atoms with Crippen molar-refractivity contribution in [3.8, 4) is 0 Å². The molecular formula is C19H23ClN2O. The summed E-state index contributed by atoms with van der Waals surface area (Å²) in [6, 6.07) is 11.6. The Kier molecular flexibility index (Phi) is 7.08. The lowest BCUT2D eigenvalue weighted by atomic mass is 10.0. The predicted molar refractivity (Wildman–Crippen MR) is 94.4 cm³/mol. The molecule has 2 rings (SSSR count). The van der Waals surface area contributed by atoms with Crippen molar-refractivity contribution in [3.05, 3.63) is 64.9 Å². The van der Waals surface area contributed by atoms with Gasteiger partial charge in [-0.3, -0.25) is 9.78 Å². The standard InChI is InChI=1S/C19H23ClN2O/c1-2-3-10-18(16-8-6-13-21-14-16)22-19(23)12-11-15-7-4-5-9-17(15)20/h4-9,13-14,18H,2-3,10-12H2,1H3,(H,22,23). The molecule has 1 aromatic carbocycles. The van der Waals surface area contributed by atoms with Gasteiger partial charge in [0, 0.05) is 23.8 Å². The van der Waals surface area contributed by atoms with Gasteiger partial charge in [0.1, 0.15) is 0 Å². The summed E-state index contributed by atoms with van der Waals surface area (Å²) >= 11 is 6.14. The first-order valence-corrected chi connectivity index (χ1v) is 8.51. The molecule has 0 aliphatic carbocycles. The van der Waals surface area contributed by atoms with Crippen molar-refractivity contribution in [2.45, 2.75) is 45.1 Å². The molecule has 122 valence electrons. The maximum Gasteiger partial charge on any atom is 0.220 e. The lowest BCUT2D eigenvalue weighted by molar-refractivity contribution is -0.121. The van der Waals surface area contributed by atoms with Crippen molar-refractivity contribution in [1.82, 2.24) is 10.3 Å². The fourth-order valence-corrected chi connectivity index (χ4v) is 2.76. The Morgan fingerprint density at radius 2 is 2.09 bits per heavy atom. The van der Waals surface area contributed by atoms with Gasteiger partial charge in [0.05, 0.1) is 6.04 Å². The molecule has 0 saturated heterocycles. The van der Waals surface area contributed by atoms with Crippen LogP contribution < -0.4 is 5.32 Å². The number of nitrogens with one attached hydrogen (secondary N) is 1. The summed E-state index contributed by atoms with van der Waals surface area (Å²) in [5.41, 5.74) is 2.07. The maximum atomic E-state index is 12.3. The van der Waals surface area contributed by atoms with Crippen LogP contribution in [-0.2, 0) is 11.2 Å².